The lowest BCUT2D eigenvalue weighted by atomic mass is 10.0. The molecule has 9 heteroatoms. The third-order valence-corrected chi connectivity index (χ3v) is 3.96. The molecule has 0 unspecified atom stereocenters. The van der Waals surface area contributed by atoms with Crippen LogP contribution in [0.5, 0.6) is 0 Å². The maximum Gasteiger partial charge on any atom is 0.252 e. The number of aromatic amines is 1. The monoisotopic (exact) mass is 353 g/mol. The van der Waals surface area contributed by atoms with Crippen LogP contribution in [-0.4, -0.2) is 31.3 Å². The fourth-order valence-electron chi connectivity index (χ4n) is 2.60. The fraction of sp³-hybridized carbons (Fsp3) is 0.412. The molecule has 1 aliphatic heterocycles. The number of rotatable bonds is 7. The summed E-state index contributed by atoms with van der Waals surface area (Å²) in [6, 6.07) is 3.09. The average molecular weight is 353 g/mol. The molecule has 0 fully saturated rings. The molecule has 0 bridgehead atoms. The molecule has 134 valence electrons. The van der Waals surface area contributed by atoms with Crippen molar-refractivity contribution in [3.8, 4) is 18.3 Å². The third kappa shape index (κ3) is 4.03. The highest BCUT2D eigenvalue weighted by Crippen LogP contribution is 2.37. The van der Waals surface area contributed by atoms with E-state index in [1.54, 1.807) is 19.9 Å². The number of nitrogens with zero attached hydrogens (tertiary/aromatic N) is 5. The van der Waals surface area contributed by atoms with Gasteiger partial charge in [-0.25, -0.2) is 4.98 Å². The second kappa shape index (κ2) is 6.92. The Bertz CT molecular complexity index is 958. The quantitative estimate of drug-likeness (QED) is 0.739. The SMILES string of the molecule is C#CCCC1(CCC(=O)Nc2cc(C)nn2-c2nc(C)cc(=O)[nH]2)N=N1. The second-order valence-corrected chi connectivity index (χ2v) is 6.23. The predicted molar refractivity (Wildman–Crippen MR) is 95.0 cm³/mol. The molecule has 3 heterocycles. The number of terminal acetylenes is 1. The maximum atomic E-state index is 12.3. The lowest BCUT2D eigenvalue weighted by Crippen LogP contribution is -2.20. The smallest absolute Gasteiger partial charge is 0.252 e. The van der Waals surface area contributed by atoms with Gasteiger partial charge in [-0.2, -0.15) is 20.0 Å². The highest BCUT2D eigenvalue weighted by Gasteiger charge is 2.39. The van der Waals surface area contributed by atoms with Crippen molar-refractivity contribution in [1.29, 1.82) is 0 Å². The van der Waals surface area contributed by atoms with Crippen molar-refractivity contribution in [3.63, 3.8) is 0 Å². The van der Waals surface area contributed by atoms with Crippen LogP contribution in [0.25, 0.3) is 5.95 Å². The van der Waals surface area contributed by atoms with Crippen LogP contribution in [-0.2, 0) is 4.79 Å². The average Bonchev–Trinajstić information content (AvgIpc) is 3.26. The molecule has 3 rings (SSSR count). The number of nitrogens with one attached hydrogen (secondary N) is 2. The molecule has 0 radical (unpaired) electrons. The molecular formula is C17H19N7O2. The minimum absolute atomic E-state index is 0.196. The van der Waals surface area contributed by atoms with Crippen LogP contribution in [0.4, 0.5) is 5.82 Å². The molecule has 1 amide bonds. The van der Waals surface area contributed by atoms with Crippen molar-refractivity contribution >= 4 is 11.7 Å². The van der Waals surface area contributed by atoms with Crippen molar-refractivity contribution < 1.29 is 4.79 Å². The number of hydrogen-bond donors (Lipinski definition) is 2. The highest BCUT2D eigenvalue weighted by molar-refractivity contribution is 5.90. The van der Waals surface area contributed by atoms with Crippen molar-refractivity contribution in [1.82, 2.24) is 19.7 Å². The number of hydrogen-bond acceptors (Lipinski definition) is 6. The molecule has 0 saturated heterocycles. The van der Waals surface area contributed by atoms with Gasteiger partial charge in [0.1, 0.15) is 5.82 Å². The van der Waals surface area contributed by atoms with Gasteiger partial charge in [0.05, 0.1) is 5.69 Å². The Hall–Kier alpha value is -3.28. The summed E-state index contributed by atoms with van der Waals surface area (Å²) in [4.78, 5) is 30.9. The molecule has 1 aliphatic rings. The molecule has 0 aliphatic carbocycles. The van der Waals surface area contributed by atoms with Crippen LogP contribution in [0.15, 0.2) is 27.2 Å². The zero-order chi connectivity index (χ0) is 18.7. The lowest BCUT2D eigenvalue weighted by molar-refractivity contribution is -0.116. The second-order valence-electron chi connectivity index (χ2n) is 6.23. The van der Waals surface area contributed by atoms with Gasteiger partial charge in [-0.1, -0.05) is 0 Å². The van der Waals surface area contributed by atoms with Gasteiger partial charge >= 0.3 is 0 Å². The Labute approximate surface area is 149 Å². The Kier molecular flexibility index (Phi) is 4.67. The topological polar surface area (TPSA) is 117 Å². The zero-order valence-electron chi connectivity index (χ0n) is 14.6. The Balaban J connectivity index is 1.69. The minimum atomic E-state index is -0.497. The van der Waals surface area contributed by atoms with E-state index >= 15 is 0 Å². The van der Waals surface area contributed by atoms with E-state index in [1.165, 1.54) is 10.7 Å². The molecule has 2 aromatic heterocycles. The first kappa shape index (κ1) is 17.5. The standard InChI is InChI=1S/C17H19N7O2/c1-4-5-7-17(22-23-17)8-6-14(25)19-13-9-12(3)21-24(13)16-18-11(2)10-15(26)20-16/h1,9-10H,5-8H2,2-3H3,(H,19,25)(H,18,20,26). The first-order chi connectivity index (χ1) is 12.4. The van der Waals surface area contributed by atoms with Gasteiger partial charge in [0.2, 0.25) is 11.9 Å². The van der Waals surface area contributed by atoms with Crippen LogP contribution in [0.2, 0.25) is 0 Å². The van der Waals surface area contributed by atoms with E-state index in [4.69, 9.17) is 6.42 Å². The molecule has 2 aromatic rings. The number of carbonyl (C=O) groups excluding carboxylic acids is 1. The van der Waals surface area contributed by atoms with Crippen LogP contribution in [0, 0.1) is 26.2 Å². The van der Waals surface area contributed by atoms with Gasteiger partial charge in [0.25, 0.3) is 5.56 Å². The number of aromatic nitrogens is 4. The first-order valence-electron chi connectivity index (χ1n) is 8.23. The largest absolute Gasteiger partial charge is 0.310 e. The van der Waals surface area contributed by atoms with Crippen LogP contribution in [0.3, 0.4) is 0 Å². The van der Waals surface area contributed by atoms with Crippen molar-refractivity contribution in [2.45, 2.75) is 45.2 Å². The van der Waals surface area contributed by atoms with E-state index in [0.29, 0.717) is 36.5 Å². The van der Waals surface area contributed by atoms with E-state index in [1.807, 2.05) is 0 Å². The number of H-pyrrole nitrogens is 1. The number of amides is 1. The zero-order valence-corrected chi connectivity index (χ0v) is 14.6. The Morgan fingerprint density at radius 3 is 2.73 bits per heavy atom. The van der Waals surface area contributed by atoms with E-state index in [-0.39, 0.29) is 23.8 Å². The maximum absolute atomic E-state index is 12.3. The van der Waals surface area contributed by atoms with E-state index in [9.17, 15) is 9.59 Å². The molecular weight excluding hydrogens is 334 g/mol. The molecule has 0 atom stereocenters. The van der Waals surface area contributed by atoms with Crippen LogP contribution < -0.4 is 10.9 Å². The van der Waals surface area contributed by atoms with Gasteiger partial charge in [0.15, 0.2) is 5.66 Å². The molecule has 0 aromatic carbocycles. The van der Waals surface area contributed by atoms with E-state index < -0.39 is 5.66 Å². The van der Waals surface area contributed by atoms with Crippen molar-refractivity contribution in [3.05, 3.63) is 33.9 Å². The van der Waals surface area contributed by atoms with Gasteiger partial charge in [-0.05, 0) is 13.8 Å². The summed E-state index contributed by atoms with van der Waals surface area (Å²) in [6.07, 6.45) is 7.25. The normalized spacial score (nSPS) is 14.0. The number of anilines is 1. The van der Waals surface area contributed by atoms with Crippen LogP contribution in [0.1, 0.15) is 37.1 Å². The van der Waals surface area contributed by atoms with Gasteiger partial charge in [-0.3, -0.25) is 14.6 Å². The molecule has 26 heavy (non-hydrogen) atoms. The summed E-state index contributed by atoms with van der Waals surface area (Å²) in [5.74, 6) is 3.05. The summed E-state index contributed by atoms with van der Waals surface area (Å²) in [5, 5.41) is 15.1. The Morgan fingerprint density at radius 2 is 2.08 bits per heavy atom. The van der Waals surface area contributed by atoms with Gasteiger partial charge in [-0.15, -0.1) is 12.3 Å². The summed E-state index contributed by atoms with van der Waals surface area (Å²) in [5.41, 5.74) is 0.456. The lowest BCUT2D eigenvalue weighted by Gasteiger charge is -2.10. The van der Waals surface area contributed by atoms with E-state index in [2.05, 4.69) is 36.5 Å². The number of carbonyl (C=O) groups is 1. The minimum Gasteiger partial charge on any atom is -0.310 e. The summed E-state index contributed by atoms with van der Waals surface area (Å²) in [6.45, 7) is 3.50. The van der Waals surface area contributed by atoms with Gasteiger partial charge < -0.3 is 5.32 Å². The molecule has 2 N–H and O–H groups in total. The summed E-state index contributed by atoms with van der Waals surface area (Å²) >= 11 is 0. The Morgan fingerprint density at radius 1 is 1.31 bits per heavy atom. The number of aryl methyl sites for hydroxylation is 2. The summed E-state index contributed by atoms with van der Waals surface area (Å²) in [7, 11) is 0. The molecule has 9 nitrogen and oxygen atoms in total. The van der Waals surface area contributed by atoms with Gasteiger partial charge in [0, 0.05) is 43.5 Å². The van der Waals surface area contributed by atoms with Crippen molar-refractivity contribution in [2.75, 3.05) is 5.32 Å². The first-order valence-corrected chi connectivity index (χ1v) is 8.23. The highest BCUT2D eigenvalue weighted by atomic mass is 16.1. The molecule has 0 spiro atoms. The molecule has 0 saturated carbocycles. The predicted octanol–water partition coefficient (Wildman–Crippen LogP) is 1.87. The van der Waals surface area contributed by atoms with E-state index in [0.717, 1.165) is 0 Å². The third-order valence-electron chi connectivity index (χ3n) is 3.96. The van der Waals surface area contributed by atoms with Crippen molar-refractivity contribution in [2.24, 2.45) is 10.2 Å². The van der Waals surface area contributed by atoms with Crippen LogP contribution >= 0.6 is 0 Å². The fourth-order valence-corrected chi connectivity index (χ4v) is 2.60. The summed E-state index contributed by atoms with van der Waals surface area (Å²) < 4.78 is 1.40.